The van der Waals surface area contributed by atoms with Crippen molar-refractivity contribution in [3.05, 3.63) is 35.4 Å². The highest BCUT2D eigenvalue weighted by atomic mass is 14.3. The quantitative estimate of drug-likeness (QED) is 0.485. The summed E-state index contributed by atoms with van der Waals surface area (Å²) in [5.41, 5.74) is 2.63. The highest BCUT2D eigenvalue weighted by molar-refractivity contribution is 5.36. The lowest BCUT2D eigenvalue weighted by molar-refractivity contribution is 0.154. The molecule has 0 aliphatic heterocycles. The van der Waals surface area contributed by atoms with Crippen molar-refractivity contribution in [3.8, 4) is 11.8 Å². The van der Waals surface area contributed by atoms with Crippen LogP contribution in [0.4, 0.5) is 0 Å². The molecule has 26 heavy (non-hydrogen) atoms. The maximum absolute atomic E-state index is 3.59. The Bertz CT molecular complexity index is 569. The molecular weight excluding hydrogens is 312 g/mol. The average Bonchev–Trinajstić information content (AvgIpc) is 2.69. The van der Waals surface area contributed by atoms with Crippen LogP contribution in [0.25, 0.3) is 0 Å². The Kier molecular flexibility index (Phi) is 7.67. The molecule has 2 aliphatic carbocycles. The fraction of sp³-hybridized carbons (Fsp3) is 0.692. The fourth-order valence-electron chi connectivity index (χ4n) is 5.32. The van der Waals surface area contributed by atoms with Crippen molar-refractivity contribution in [3.63, 3.8) is 0 Å². The Morgan fingerprint density at radius 1 is 0.769 bits per heavy atom. The van der Waals surface area contributed by atoms with Crippen molar-refractivity contribution < 1.29 is 0 Å². The molecule has 142 valence electrons. The zero-order valence-corrected chi connectivity index (χ0v) is 17.1. The van der Waals surface area contributed by atoms with Crippen LogP contribution in [0, 0.1) is 35.5 Å². The van der Waals surface area contributed by atoms with E-state index in [1.165, 1.54) is 88.2 Å². The molecule has 0 saturated heterocycles. The highest BCUT2D eigenvalue weighted by Gasteiger charge is 2.30. The van der Waals surface area contributed by atoms with Gasteiger partial charge in [-0.25, -0.2) is 0 Å². The standard InChI is InChI=1S/C26H38/c1-3-5-21-7-9-23(10-8-21)11-12-24-15-19-26(20-16-24)25-17-13-22(6-4-2)14-18-25/h7-10,22,24-26H,3-6,13-20H2,1-2H3/t22-,24?,25-,26?. The minimum absolute atomic E-state index is 0.637. The van der Waals surface area contributed by atoms with Crippen molar-refractivity contribution in [1.29, 1.82) is 0 Å². The SMILES string of the molecule is CCCc1ccc(C#CC2CCC([C@H]3CC[C@H](CCC)CC3)CC2)cc1. The molecule has 3 rings (SSSR count). The Labute approximate surface area is 162 Å². The van der Waals surface area contributed by atoms with Crippen LogP contribution in [-0.2, 0) is 6.42 Å². The molecule has 0 heterocycles. The molecule has 0 atom stereocenters. The summed E-state index contributed by atoms with van der Waals surface area (Å²) in [5, 5.41) is 0. The normalized spacial score (nSPS) is 29.0. The van der Waals surface area contributed by atoms with Gasteiger partial charge in [0, 0.05) is 11.5 Å². The Morgan fingerprint density at radius 3 is 1.96 bits per heavy atom. The van der Waals surface area contributed by atoms with Gasteiger partial charge in [0.05, 0.1) is 0 Å². The number of benzene rings is 1. The molecule has 0 N–H and O–H groups in total. The maximum atomic E-state index is 3.59. The first-order valence-electron chi connectivity index (χ1n) is 11.4. The van der Waals surface area contributed by atoms with E-state index in [-0.39, 0.29) is 0 Å². The molecule has 0 radical (unpaired) electrons. The minimum atomic E-state index is 0.637. The lowest BCUT2D eigenvalue weighted by atomic mass is 9.69. The van der Waals surface area contributed by atoms with E-state index in [2.05, 4.69) is 50.0 Å². The summed E-state index contributed by atoms with van der Waals surface area (Å²) in [6, 6.07) is 8.91. The lowest BCUT2D eigenvalue weighted by Crippen LogP contribution is -2.25. The van der Waals surface area contributed by atoms with E-state index in [1.54, 1.807) is 0 Å². The molecule has 0 spiro atoms. The first kappa shape index (κ1) is 19.5. The van der Waals surface area contributed by atoms with Gasteiger partial charge in [0.2, 0.25) is 0 Å². The molecule has 2 fully saturated rings. The number of hydrogen-bond acceptors (Lipinski definition) is 0. The topological polar surface area (TPSA) is 0 Å². The molecule has 0 unspecified atom stereocenters. The summed E-state index contributed by atoms with van der Waals surface area (Å²) in [7, 11) is 0. The first-order chi connectivity index (χ1) is 12.8. The zero-order valence-electron chi connectivity index (χ0n) is 17.1. The van der Waals surface area contributed by atoms with E-state index < -0.39 is 0 Å². The Morgan fingerprint density at radius 2 is 1.38 bits per heavy atom. The van der Waals surface area contributed by atoms with E-state index in [4.69, 9.17) is 0 Å². The predicted molar refractivity (Wildman–Crippen MR) is 113 cm³/mol. The third-order valence-corrected chi connectivity index (χ3v) is 6.94. The average molecular weight is 351 g/mol. The summed E-state index contributed by atoms with van der Waals surface area (Å²) >= 11 is 0. The van der Waals surface area contributed by atoms with Gasteiger partial charge in [-0.15, -0.1) is 0 Å². The molecular formula is C26H38. The molecule has 0 bridgehead atoms. The molecule has 2 saturated carbocycles. The third-order valence-electron chi connectivity index (χ3n) is 6.94. The van der Waals surface area contributed by atoms with Crippen LogP contribution >= 0.6 is 0 Å². The monoisotopic (exact) mass is 350 g/mol. The Hall–Kier alpha value is -1.22. The van der Waals surface area contributed by atoms with Crippen LogP contribution in [0.2, 0.25) is 0 Å². The molecule has 0 nitrogen and oxygen atoms in total. The molecule has 1 aromatic carbocycles. The first-order valence-corrected chi connectivity index (χ1v) is 11.4. The molecule has 0 aromatic heterocycles. The highest BCUT2D eigenvalue weighted by Crippen LogP contribution is 2.42. The second kappa shape index (κ2) is 10.2. The van der Waals surface area contributed by atoms with Gasteiger partial charge in [-0.1, -0.05) is 69.9 Å². The second-order valence-corrected chi connectivity index (χ2v) is 8.90. The predicted octanol–water partition coefficient (Wildman–Crippen LogP) is 7.40. The van der Waals surface area contributed by atoms with Gasteiger partial charge in [-0.05, 0) is 80.4 Å². The fourth-order valence-corrected chi connectivity index (χ4v) is 5.32. The number of rotatable bonds is 5. The van der Waals surface area contributed by atoms with Gasteiger partial charge in [-0.2, -0.15) is 0 Å². The third kappa shape index (κ3) is 5.64. The van der Waals surface area contributed by atoms with Crippen molar-refractivity contribution in [2.75, 3.05) is 0 Å². The lowest BCUT2D eigenvalue weighted by Gasteiger charge is -2.37. The summed E-state index contributed by atoms with van der Waals surface area (Å²) in [5.74, 6) is 10.7. The van der Waals surface area contributed by atoms with Gasteiger partial charge in [0.15, 0.2) is 0 Å². The van der Waals surface area contributed by atoms with Crippen LogP contribution in [0.3, 0.4) is 0 Å². The summed E-state index contributed by atoms with van der Waals surface area (Å²) < 4.78 is 0. The summed E-state index contributed by atoms with van der Waals surface area (Å²) in [6.07, 6.45) is 16.8. The van der Waals surface area contributed by atoms with Gasteiger partial charge in [0.1, 0.15) is 0 Å². The molecule has 1 aromatic rings. The van der Waals surface area contributed by atoms with Gasteiger partial charge in [0.25, 0.3) is 0 Å². The van der Waals surface area contributed by atoms with Crippen molar-refractivity contribution in [1.82, 2.24) is 0 Å². The van der Waals surface area contributed by atoms with Crippen LogP contribution in [0.15, 0.2) is 24.3 Å². The van der Waals surface area contributed by atoms with Gasteiger partial charge >= 0.3 is 0 Å². The molecule has 0 amide bonds. The van der Waals surface area contributed by atoms with Crippen LogP contribution in [0.1, 0.15) is 95.6 Å². The Balaban J connectivity index is 1.43. The minimum Gasteiger partial charge on any atom is -0.0945 e. The van der Waals surface area contributed by atoms with E-state index in [0.29, 0.717) is 5.92 Å². The number of aryl methyl sites for hydroxylation is 1. The van der Waals surface area contributed by atoms with Crippen molar-refractivity contribution >= 4 is 0 Å². The zero-order chi connectivity index (χ0) is 18.2. The second-order valence-electron chi connectivity index (χ2n) is 8.90. The van der Waals surface area contributed by atoms with Crippen LogP contribution < -0.4 is 0 Å². The van der Waals surface area contributed by atoms with Gasteiger partial charge < -0.3 is 0 Å². The van der Waals surface area contributed by atoms with E-state index in [0.717, 1.165) is 17.8 Å². The van der Waals surface area contributed by atoms with E-state index >= 15 is 0 Å². The van der Waals surface area contributed by atoms with Crippen LogP contribution in [-0.4, -0.2) is 0 Å². The largest absolute Gasteiger partial charge is 0.0945 e. The van der Waals surface area contributed by atoms with Crippen LogP contribution in [0.5, 0.6) is 0 Å². The summed E-state index contributed by atoms with van der Waals surface area (Å²) in [4.78, 5) is 0. The van der Waals surface area contributed by atoms with Crippen molar-refractivity contribution in [2.45, 2.75) is 90.9 Å². The number of hydrogen-bond donors (Lipinski definition) is 0. The van der Waals surface area contributed by atoms with E-state index in [9.17, 15) is 0 Å². The molecule has 0 heteroatoms. The molecule has 2 aliphatic rings. The smallest absolute Gasteiger partial charge is 0.0245 e. The van der Waals surface area contributed by atoms with E-state index in [1.807, 2.05) is 0 Å². The van der Waals surface area contributed by atoms with Gasteiger partial charge in [-0.3, -0.25) is 0 Å². The summed E-state index contributed by atoms with van der Waals surface area (Å²) in [6.45, 7) is 4.58. The maximum Gasteiger partial charge on any atom is 0.0245 e. The van der Waals surface area contributed by atoms with Crippen molar-refractivity contribution in [2.24, 2.45) is 23.7 Å².